The molecule has 67 heavy (non-hydrogen) atoms. The van der Waals surface area contributed by atoms with Gasteiger partial charge in [-0.05, 0) is 105 Å². The molecule has 2 aliphatic carbocycles. The zero-order chi connectivity index (χ0) is 46.5. The van der Waals surface area contributed by atoms with Crippen LogP contribution in [0.1, 0.15) is 106 Å². The van der Waals surface area contributed by atoms with Crippen molar-refractivity contribution < 1.29 is 28.4 Å². The first-order chi connectivity index (χ1) is 32.3. The number of aromatic nitrogens is 2. The number of nitrogens with zero attached hydrogens (tertiary/aromatic N) is 4. The van der Waals surface area contributed by atoms with Gasteiger partial charge in [0.05, 0.1) is 22.1 Å². The summed E-state index contributed by atoms with van der Waals surface area (Å²) >= 11 is 12.9. The van der Waals surface area contributed by atoms with Crippen LogP contribution in [-0.4, -0.2) is 97.8 Å². The van der Waals surface area contributed by atoms with Crippen LogP contribution in [0.4, 0.5) is 10.1 Å². The van der Waals surface area contributed by atoms with Gasteiger partial charge in [0.25, 0.3) is 0 Å². The van der Waals surface area contributed by atoms with Gasteiger partial charge in [-0.3, -0.25) is 48.6 Å². The van der Waals surface area contributed by atoms with Crippen molar-refractivity contribution in [2.45, 2.75) is 131 Å². The maximum atomic E-state index is 16.4. The summed E-state index contributed by atoms with van der Waals surface area (Å²) in [6.07, 6.45) is 8.70. The summed E-state index contributed by atoms with van der Waals surface area (Å²) in [6.45, 7) is 2.30. The van der Waals surface area contributed by atoms with Gasteiger partial charge in [0.2, 0.25) is 29.5 Å². The van der Waals surface area contributed by atoms with Crippen molar-refractivity contribution in [3.05, 3.63) is 97.6 Å². The van der Waals surface area contributed by atoms with Crippen molar-refractivity contribution in [1.82, 2.24) is 34.9 Å². The maximum absolute atomic E-state index is 16.4. The largest absolute Gasteiger partial charge is 0.352 e. The summed E-state index contributed by atoms with van der Waals surface area (Å²) < 4.78 is 19.4. The van der Waals surface area contributed by atoms with Crippen LogP contribution >= 0.6 is 23.2 Å². The minimum absolute atomic E-state index is 0.0707. The number of piperazine rings is 1. The number of benzene rings is 3. The van der Waals surface area contributed by atoms with Crippen LogP contribution in [0.2, 0.25) is 10.0 Å². The quantitative estimate of drug-likeness (QED) is 0.166. The second-order valence-corrected chi connectivity index (χ2v) is 21.0. The minimum Gasteiger partial charge on any atom is -0.352 e. The Kier molecular flexibility index (Phi) is 11.2. The number of fused-ring (bicyclic) bond motifs is 6. The Morgan fingerprint density at radius 1 is 0.881 bits per heavy atom. The van der Waals surface area contributed by atoms with Crippen LogP contribution in [0, 0.1) is 11.7 Å². The second-order valence-electron chi connectivity index (χ2n) is 20.2. The molecule has 4 N–H and O–H groups in total. The lowest BCUT2D eigenvalue weighted by Crippen LogP contribution is -2.60. The van der Waals surface area contributed by atoms with E-state index >= 15 is 4.39 Å². The number of carbonyl (C=O) groups is 5. The van der Waals surface area contributed by atoms with Gasteiger partial charge in [0, 0.05) is 79.3 Å². The first-order valence-electron chi connectivity index (χ1n) is 24.0. The number of hydrogen-bond acceptors (Lipinski definition) is 8. The molecule has 352 valence electrons. The van der Waals surface area contributed by atoms with Gasteiger partial charge in [-0.2, -0.15) is 0 Å². The Labute approximate surface area is 397 Å². The van der Waals surface area contributed by atoms with E-state index in [9.17, 15) is 28.8 Å². The monoisotopic (exact) mass is 952 g/mol. The Balaban J connectivity index is 0.737. The molecular weight excluding hydrogens is 899 g/mol. The van der Waals surface area contributed by atoms with Crippen LogP contribution in [0.3, 0.4) is 0 Å². The number of carbonyl (C=O) groups excluding carboxylic acids is 5. The highest BCUT2D eigenvalue weighted by molar-refractivity contribution is 6.31. The van der Waals surface area contributed by atoms with E-state index in [2.05, 4.69) is 31.1 Å². The Bertz CT molecular complexity index is 2800. The number of likely N-dealkylation sites (tertiary alicyclic amines) is 2. The van der Waals surface area contributed by atoms with Gasteiger partial charge in [-0.15, -0.1) is 0 Å². The summed E-state index contributed by atoms with van der Waals surface area (Å²) in [7, 11) is 1.70. The number of hydrogen-bond donors (Lipinski definition) is 4. The molecule has 1 aromatic heterocycles. The lowest BCUT2D eigenvalue weighted by atomic mass is 9.55. The van der Waals surface area contributed by atoms with Crippen molar-refractivity contribution in [2.24, 2.45) is 13.0 Å². The van der Waals surface area contributed by atoms with Crippen molar-refractivity contribution in [2.75, 3.05) is 25.0 Å². The number of imide groups is 1. The molecule has 5 amide bonds. The Morgan fingerprint density at radius 2 is 1.67 bits per heavy atom. The normalized spacial score (nSPS) is 30.1. The predicted molar refractivity (Wildman–Crippen MR) is 250 cm³/mol. The summed E-state index contributed by atoms with van der Waals surface area (Å²) in [4.78, 5) is 85.8. The molecule has 3 aromatic carbocycles. The van der Waals surface area contributed by atoms with Crippen molar-refractivity contribution in [1.29, 1.82) is 0 Å². The third-order valence-electron chi connectivity index (χ3n) is 16.7. The van der Waals surface area contributed by atoms with Crippen molar-refractivity contribution in [3.63, 3.8) is 0 Å². The molecule has 6 atom stereocenters. The SMILES string of the molecule is Cn1c(=O)n(C2CCC(=O)NC2=O)c2ccc(CCN3C[C@H]4C[C@@H]3CN4C(=O)C3CCC(NC(=O)[C@@H]4NC5(CCCCC5)[C@@]5(C(=O)Nc6cc(Cl)ccc65)[C@H]4c4cccc(Cl)c4F)CC3)cc21. The van der Waals surface area contributed by atoms with Crippen LogP contribution in [-0.2, 0) is 42.9 Å². The van der Waals surface area contributed by atoms with Gasteiger partial charge in [0.1, 0.15) is 17.3 Å². The fourth-order valence-corrected chi connectivity index (χ4v) is 13.9. The predicted octanol–water partition coefficient (Wildman–Crippen LogP) is 5.61. The van der Waals surface area contributed by atoms with Crippen molar-refractivity contribution >= 4 is 69.5 Å². The summed E-state index contributed by atoms with van der Waals surface area (Å²) in [5.74, 6) is -2.84. The van der Waals surface area contributed by atoms with E-state index in [-0.39, 0.29) is 76.8 Å². The number of aryl methyl sites for hydroxylation is 1. The molecule has 2 bridgehead atoms. The third kappa shape index (κ3) is 7.07. The first kappa shape index (κ1) is 44.4. The van der Waals surface area contributed by atoms with Gasteiger partial charge in [-0.25, -0.2) is 9.18 Å². The van der Waals surface area contributed by atoms with E-state index in [4.69, 9.17) is 23.2 Å². The van der Waals surface area contributed by atoms with Crippen LogP contribution < -0.4 is 27.0 Å². The highest BCUT2D eigenvalue weighted by Gasteiger charge is 2.72. The lowest BCUT2D eigenvalue weighted by Gasteiger charge is -2.47. The van der Waals surface area contributed by atoms with Crippen LogP contribution in [0.15, 0.2) is 59.4 Å². The van der Waals surface area contributed by atoms with E-state index in [0.717, 1.165) is 56.3 Å². The number of anilines is 1. The van der Waals surface area contributed by atoms with Gasteiger partial charge >= 0.3 is 5.69 Å². The Hall–Kier alpha value is -5.09. The summed E-state index contributed by atoms with van der Waals surface area (Å²) in [5, 5.41) is 12.9. The van der Waals surface area contributed by atoms with Gasteiger partial charge in [0.15, 0.2) is 0 Å². The minimum atomic E-state index is -1.31. The summed E-state index contributed by atoms with van der Waals surface area (Å²) in [6, 6.07) is 14.6. The molecule has 0 radical (unpaired) electrons. The number of piperidine rings is 1. The van der Waals surface area contributed by atoms with E-state index < -0.39 is 40.7 Å². The molecule has 17 heteroatoms. The molecule has 7 aliphatic rings. The van der Waals surface area contributed by atoms with E-state index in [0.29, 0.717) is 66.9 Å². The smallest absolute Gasteiger partial charge is 0.329 e. The molecule has 5 aliphatic heterocycles. The van der Waals surface area contributed by atoms with Gasteiger partial charge < -0.3 is 15.5 Å². The fourth-order valence-electron chi connectivity index (χ4n) is 13.6. The van der Waals surface area contributed by atoms with Crippen LogP contribution in [0.5, 0.6) is 0 Å². The molecule has 1 unspecified atom stereocenters. The molecule has 14 nitrogen and oxygen atoms in total. The molecule has 6 fully saturated rings. The van der Waals surface area contributed by atoms with E-state index in [1.807, 2.05) is 24.3 Å². The Morgan fingerprint density at radius 3 is 2.42 bits per heavy atom. The molecule has 11 rings (SSSR count). The number of imidazole rings is 1. The fraction of sp³-hybridized carbons (Fsp3) is 0.520. The number of nitrogens with one attached hydrogen (secondary N) is 4. The molecular formula is C50H55Cl2FN8O6. The highest BCUT2D eigenvalue weighted by Crippen LogP contribution is 2.63. The number of rotatable bonds is 8. The number of amides is 5. The number of halogens is 3. The standard InChI is InChI=1S/C50H55Cl2FN8O6/c1-58-39-22-27(8-15-37(39)61(48(58)67)38-16-17-40(62)56-44(38)63)18-21-59-25-32-24-31(59)26-60(32)46(65)28-9-12-30(13-10-28)54-45(64)43-41(33-6-5-7-35(52)42(33)53)50(49(57-43)19-3-2-4-20-49)34-14-11-29(51)23-36(34)55-47(50)66/h5-8,11,14-15,22-23,28,30-32,38,41,43,57H,2-4,9-10,12-13,16-21,24-26H2,1H3,(H,54,64)(H,55,66)(H,56,62,63)/t28?,30?,31-,32-,38?,41+,43-,50-/m1/s1. The zero-order valence-corrected chi connectivity index (χ0v) is 38.9. The van der Waals surface area contributed by atoms with Crippen molar-refractivity contribution in [3.8, 4) is 0 Å². The zero-order valence-electron chi connectivity index (χ0n) is 37.4. The van der Waals surface area contributed by atoms with Gasteiger partial charge in [-0.1, -0.05) is 66.7 Å². The summed E-state index contributed by atoms with van der Waals surface area (Å²) in [5.41, 5.74) is 1.57. The topological polar surface area (TPSA) is 167 Å². The average molecular weight is 954 g/mol. The van der Waals surface area contributed by atoms with Crippen LogP contribution in [0.25, 0.3) is 11.0 Å². The average Bonchev–Trinajstić information content (AvgIpc) is 4.11. The third-order valence-corrected chi connectivity index (χ3v) is 17.3. The molecule has 4 saturated heterocycles. The molecule has 2 saturated carbocycles. The second kappa shape index (κ2) is 16.8. The molecule has 2 spiro atoms. The van der Waals surface area contributed by atoms with E-state index in [1.54, 1.807) is 35.9 Å². The first-order valence-corrected chi connectivity index (χ1v) is 24.7. The highest BCUT2D eigenvalue weighted by atomic mass is 35.5. The molecule has 4 aromatic rings. The lowest BCUT2D eigenvalue weighted by molar-refractivity contribution is -0.139. The maximum Gasteiger partial charge on any atom is 0.329 e. The molecule has 6 heterocycles. The van der Waals surface area contributed by atoms with E-state index in [1.165, 1.54) is 10.6 Å².